The van der Waals surface area contributed by atoms with Gasteiger partial charge in [0.1, 0.15) is 6.04 Å². The number of piperazine rings is 1. The summed E-state index contributed by atoms with van der Waals surface area (Å²) in [5.74, 6) is -1.15. The van der Waals surface area contributed by atoms with Crippen molar-refractivity contribution in [1.29, 1.82) is 0 Å². The quantitative estimate of drug-likeness (QED) is 0.627. The smallest absolute Gasteiger partial charge is 0.312 e. The Labute approximate surface area is 187 Å². The summed E-state index contributed by atoms with van der Waals surface area (Å²) in [4.78, 5) is 57.8. The van der Waals surface area contributed by atoms with Gasteiger partial charge >= 0.3 is 11.8 Å². The van der Waals surface area contributed by atoms with Crippen LogP contribution in [0.5, 0.6) is 0 Å². The highest BCUT2D eigenvalue weighted by Crippen LogP contribution is 2.28. The summed E-state index contributed by atoms with van der Waals surface area (Å²) in [6.45, 7) is 3.58. The number of benzene rings is 1. The highest BCUT2D eigenvalue weighted by atomic mass is 16.5. The Balaban J connectivity index is 1.42. The molecular weight excluding hydrogens is 412 g/mol. The fourth-order valence-corrected chi connectivity index (χ4v) is 4.53. The second-order valence-electron chi connectivity index (χ2n) is 8.38. The first-order valence-electron chi connectivity index (χ1n) is 11.4. The summed E-state index contributed by atoms with van der Waals surface area (Å²) in [7, 11) is 0. The maximum atomic E-state index is 13.5. The lowest BCUT2D eigenvalue weighted by atomic mass is 9.99. The number of carbonyl (C=O) groups excluding carboxylic acids is 4. The number of rotatable bonds is 3. The van der Waals surface area contributed by atoms with Crippen molar-refractivity contribution in [3.8, 4) is 0 Å². The van der Waals surface area contributed by atoms with Crippen LogP contribution >= 0.6 is 0 Å². The van der Waals surface area contributed by atoms with E-state index in [1.165, 1.54) is 9.80 Å². The van der Waals surface area contributed by atoms with E-state index in [2.05, 4.69) is 0 Å². The maximum absolute atomic E-state index is 13.5. The molecule has 1 aromatic carbocycles. The maximum Gasteiger partial charge on any atom is 0.312 e. The zero-order chi connectivity index (χ0) is 22.5. The number of ether oxygens (including phenoxy) is 1. The summed E-state index contributed by atoms with van der Waals surface area (Å²) < 4.78 is 5.24. The predicted molar refractivity (Wildman–Crippen MR) is 115 cm³/mol. The molecule has 3 aliphatic rings. The van der Waals surface area contributed by atoms with E-state index in [0.29, 0.717) is 65.4 Å². The Kier molecular flexibility index (Phi) is 7.04. The summed E-state index contributed by atoms with van der Waals surface area (Å²) in [5, 5.41) is 0. The Morgan fingerprint density at radius 3 is 1.97 bits per heavy atom. The molecule has 0 spiro atoms. The number of piperidine rings is 1. The minimum absolute atomic E-state index is 0.00312. The van der Waals surface area contributed by atoms with Crippen molar-refractivity contribution in [1.82, 2.24) is 19.6 Å². The van der Waals surface area contributed by atoms with Crippen molar-refractivity contribution >= 4 is 23.6 Å². The average molecular weight is 443 g/mol. The first-order chi connectivity index (χ1) is 15.6. The lowest BCUT2D eigenvalue weighted by molar-refractivity contribution is -0.156. The van der Waals surface area contributed by atoms with Gasteiger partial charge in [-0.15, -0.1) is 0 Å². The molecule has 0 aliphatic carbocycles. The van der Waals surface area contributed by atoms with Crippen LogP contribution in [-0.4, -0.2) is 102 Å². The predicted octanol–water partition coefficient (Wildman–Crippen LogP) is 0.270. The van der Waals surface area contributed by atoms with Crippen molar-refractivity contribution in [3.63, 3.8) is 0 Å². The number of hydrogen-bond acceptors (Lipinski definition) is 5. The van der Waals surface area contributed by atoms with Gasteiger partial charge in [0.2, 0.25) is 11.8 Å². The van der Waals surface area contributed by atoms with E-state index in [0.717, 1.165) is 18.4 Å². The van der Waals surface area contributed by atoms with Crippen LogP contribution in [-0.2, 0) is 23.9 Å². The minimum atomic E-state index is -0.652. The molecule has 4 rings (SSSR count). The Morgan fingerprint density at radius 2 is 1.34 bits per heavy atom. The second-order valence-corrected chi connectivity index (χ2v) is 8.38. The molecule has 1 aromatic rings. The third kappa shape index (κ3) is 4.77. The zero-order valence-corrected chi connectivity index (χ0v) is 18.3. The standard InChI is InChI=1S/C23H30N4O5/c28-19-8-4-5-9-27(19)20(18-6-2-1-3-7-18)21(29)24-10-12-25(13-11-24)22(30)23(31)26-14-16-32-17-15-26/h1-3,6-7,20H,4-5,8-17H2. The van der Waals surface area contributed by atoms with Crippen LogP contribution in [0.4, 0.5) is 0 Å². The fraction of sp³-hybridized carbons (Fsp3) is 0.565. The molecule has 0 saturated carbocycles. The van der Waals surface area contributed by atoms with E-state index in [9.17, 15) is 19.2 Å². The van der Waals surface area contributed by atoms with Crippen molar-refractivity contribution < 1.29 is 23.9 Å². The van der Waals surface area contributed by atoms with Gasteiger partial charge in [-0.25, -0.2) is 0 Å². The molecule has 3 heterocycles. The lowest BCUT2D eigenvalue weighted by Gasteiger charge is -2.40. The number of nitrogens with zero attached hydrogens (tertiary/aromatic N) is 4. The molecule has 0 radical (unpaired) electrons. The van der Waals surface area contributed by atoms with Crippen molar-refractivity contribution in [3.05, 3.63) is 35.9 Å². The van der Waals surface area contributed by atoms with Gasteiger partial charge in [-0.2, -0.15) is 0 Å². The van der Waals surface area contributed by atoms with E-state index in [1.807, 2.05) is 30.3 Å². The Morgan fingerprint density at radius 1 is 0.750 bits per heavy atom. The molecule has 4 amide bonds. The van der Waals surface area contributed by atoms with E-state index < -0.39 is 17.9 Å². The molecule has 0 bridgehead atoms. The monoisotopic (exact) mass is 442 g/mol. The van der Waals surface area contributed by atoms with Crippen LogP contribution < -0.4 is 0 Å². The minimum Gasteiger partial charge on any atom is -0.378 e. The molecule has 172 valence electrons. The van der Waals surface area contributed by atoms with Crippen LogP contribution in [0.15, 0.2) is 30.3 Å². The van der Waals surface area contributed by atoms with Crippen molar-refractivity contribution in [2.45, 2.75) is 25.3 Å². The molecule has 3 fully saturated rings. The first-order valence-corrected chi connectivity index (χ1v) is 11.4. The molecule has 32 heavy (non-hydrogen) atoms. The van der Waals surface area contributed by atoms with Gasteiger partial charge in [-0.3, -0.25) is 19.2 Å². The molecule has 9 nitrogen and oxygen atoms in total. The molecule has 1 atom stereocenters. The summed E-state index contributed by atoms with van der Waals surface area (Å²) in [6.07, 6.45) is 2.19. The normalized spacial score (nSPS) is 20.8. The summed E-state index contributed by atoms with van der Waals surface area (Å²) in [6, 6.07) is 8.74. The summed E-state index contributed by atoms with van der Waals surface area (Å²) in [5.41, 5.74) is 0.800. The van der Waals surface area contributed by atoms with Crippen LogP contribution in [0.25, 0.3) is 0 Å². The molecule has 0 N–H and O–H groups in total. The lowest BCUT2D eigenvalue weighted by Crippen LogP contribution is -2.57. The SMILES string of the molecule is O=C(C(=O)N1CCN(C(=O)C(c2ccccc2)N2CCCCC2=O)CC1)N1CCOCC1. The van der Waals surface area contributed by atoms with Crippen LogP contribution in [0, 0.1) is 0 Å². The largest absolute Gasteiger partial charge is 0.378 e. The highest BCUT2D eigenvalue weighted by Gasteiger charge is 2.37. The van der Waals surface area contributed by atoms with Gasteiger partial charge < -0.3 is 24.3 Å². The second kappa shape index (κ2) is 10.1. The van der Waals surface area contributed by atoms with E-state index in [4.69, 9.17) is 4.74 Å². The van der Waals surface area contributed by atoms with Crippen LogP contribution in [0.2, 0.25) is 0 Å². The van der Waals surface area contributed by atoms with Crippen LogP contribution in [0.1, 0.15) is 30.9 Å². The molecular formula is C23H30N4O5. The van der Waals surface area contributed by atoms with Gasteiger partial charge in [-0.1, -0.05) is 30.3 Å². The Hall–Kier alpha value is -2.94. The number of morpholine rings is 1. The molecule has 0 aromatic heterocycles. The van der Waals surface area contributed by atoms with Gasteiger partial charge in [0.15, 0.2) is 0 Å². The highest BCUT2D eigenvalue weighted by molar-refractivity contribution is 6.34. The van der Waals surface area contributed by atoms with E-state index in [-0.39, 0.29) is 11.8 Å². The third-order valence-electron chi connectivity index (χ3n) is 6.38. The van der Waals surface area contributed by atoms with E-state index >= 15 is 0 Å². The molecule has 3 saturated heterocycles. The van der Waals surface area contributed by atoms with Crippen molar-refractivity contribution in [2.24, 2.45) is 0 Å². The fourth-order valence-electron chi connectivity index (χ4n) is 4.53. The molecule has 1 unspecified atom stereocenters. The van der Waals surface area contributed by atoms with Crippen LogP contribution in [0.3, 0.4) is 0 Å². The number of hydrogen-bond donors (Lipinski definition) is 0. The first kappa shape index (κ1) is 22.3. The summed E-state index contributed by atoms with van der Waals surface area (Å²) >= 11 is 0. The van der Waals surface area contributed by atoms with Crippen molar-refractivity contribution in [2.75, 3.05) is 59.0 Å². The number of amides is 4. The average Bonchev–Trinajstić information content (AvgIpc) is 2.85. The molecule has 3 aliphatic heterocycles. The van der Waals surface area contributed by atoms with Gasteiger partial charge in [-0.05, 0) is 18.4 Å². The topological polar surface area (TPSA) is 90.5 Å². The Bertz CT molecular complexity index is 847. The molecule has 9 heteroatoms. The zero-order valence-electron chi connectivity index (χ0n) is 18.3. The van der Waals surface area contributed by atoms with Gasteiger partial charge in [0, 0.05) is 52.2 Å². The number of carbonyl (C=O) groups is 4. The van der Waals surface area contributed by atoms with Gasteiger partial charge in [0.05, 0.1) is 13.2 Å². The number of likely N-dealkylation sites (tertiary alicyclic amines) is 1. The van der Waals surface area contributed by atoms with E-state index in [1.54, 1.807) is 9.80 Å². The van der Waals surface area contributed by atoms with Gasteiger partial charge in [0.25, 0.3) is 0 Å². The third-order valence-corrected chi connectivity index (χ3v) is 6.38.